The van der Waals surface area contributed by atoms with Crippen LogP contribution in [0.25, 0.3) is 0 Å². The summed E-state index contributed by atoms with van der Waals surface area (Å²) >= 11 is 3.37. The van der Waals surface area contributed by atoms with Crippen LogP contribution in [-0.2, 0) is 14.8 Å². The van der Waals surface area contributed by atoms with E-state index in [1.807, 2.05) is 37.3 Å². The van der Waals surface area contributed by atoms with E-state index in [1.165, 1.54) is 18.3 Å². The third-order valence-electron chi connectivity index (χ3n) is 4.16. The number of hydrazone groups is 1. The molecule has 3 aromatic rings. The van der Waals surface area contributed by atoms with Crippen LogP contribution < -0.4 is 9.73 Å². The minimum absolute atomic E-state index is 0.108. The molecule has 0 fully saturated rings. The molecule has 1 N–H and O–H groups in total. The van der Waals surface area contributed by atoms with E-state index in [1.54, 1.807) is 36.4 Å². The minimum Gasteiger partial charge on any atom is -0.271 e. The van der Waals surface area contributed by atoms with Gasteiger partial charge in [0.1, 0.15) is 6.54 Å². The molecular formula is C22H20BrN3O3S. The van der Waals surface area contributed by atoms with E-state index in [0.717, 1.165) is 19.9 Å². The van der Waals surface area contributed by atoms with Crippen LogP contribution in [0, 0.1) is 6.92 Å². The average Bonchev–Trinajstić information content (AvgIpc) is 2.72. The molecule has 6 nitrogen and oxygen atoms in total. The van der Waals surface area contributed by atoms with Crippen molar-refractivity contribution < 1.29 is 13.2 Å². The second kappa shape index (κ2) is 9.69. The van der Waals surface area contributed by atoms with Gasteiger partial charge in [-0.2, -0.15) is 5.10 Å². The molecule has 0 unspecified atom stereocenters. The van der Waals surface area contributed by atoms with Crippen molar-refractivity contribution in [2.75, 3.05) is 10.8 Å². The van der Waals surface area contributed by atoms with Gasteiger partial charge in [-0.25, -0.2) is 13.8 Å². The summed E-state index contributed by atoms with van der Waals surface area (Å²) in [5.74, 6) is -0.553. The van der Waals surface area contributed by atoms with Crippen molar-refractivity contribution in [3.63, 3.8) is 0 Å². The number of nitrogens with zero attached hydrogens (tertiary/aromatic N) is 2. The summed E-state index contributed by atoms with van der Waals surface area (Å²) in [6.45, 7) is 1.45. The molecular weight excluding hydrogens is 466 g/mol. The molecule has 0 radical (unpaired) electrons. The Hall–Kier alpha value is -2.97. The fourth-order valence-electron chi connectivity index (χ4n) is 2.75. The van der Waals surface area contributed by atoms with Crippen LogP contribution in [0.1, 0.15) is 11.1 Å². The highest BCUT2D eigenvalue weighted by Gasteiger charge is 2.27. The van der Waals surface area contributed by atoms with Gasteiger partial charge in [-0.15, -0.1) is 0 Å². The largest absolute Gasteiger partial charge is 0.271 e. The van der Waals surface area contributed by atoms with Crippen molar-refractivity contribution in [2.45, 2.75) is 11.8 Å². The number of carbonyl (C=O) groups is 1. The van der Waals surface area contributed by atoms with Crippen molar-refractivity contribution in [3.8, 4) is 0 Å². The van der Waals surface area contributed by atoms with Gasteiger partial charge in [0.2, 0.25) is 0 Å². The normalized spacial score (nSPS) is 11.4. The Kier molecular flexibility index (Phi) is 7.02. The second-order valence-corrected chi connectivity index (χ2v) is 9.29. The van der Waals surface area contributed by atoms with Crippen LogP contribution in [0.5, 0.6) is 0 Å². The highest BCUT2D eigenvalue weighted by molar-refractivity contribution is 9.10. The maximum Gasteiger partial charge on any atom is 0.264 e. The molecule has 3 aromatic carbocycles. The molecule has 0 heterocycles. The molecule has 154 valence electrons. The number of halogens is 1. The van der Waals surface area contributed by atoms with Gasteiger partial charge >= 0.3 is 0 Å². The summed E-state index contributed by atoms with van der Waals surface area (Å²) in [7, 11) is -3.93. The molecule has 8 heteroatoms. The Morgan fingerprint density at radius 2 is 1.77 bits per heavy atom. The van der Waals surface area contributed by atoms with Crippen molar-refractivity contribution in [3.05, 3.63) is 94.5 Å². The van der Waals surface area contributed by atoms with Crippen LogP contribution in [0.2, 0.25) is 0 Å². The summed E-state index contributed by atoms with van der Waals surface area (Å²) in [5.41, 5.74) is 4.48. The smallest absolute Gasteiger partial charge is 0.264 e. The van der Waals surface area contributed by atoms with Gasteiger partial charge in [0.25, 0.3) is 15.9 Å². The first kappa shape index (κ1) is 21.7. The fourth-order valence-corrected chi connectivity index (χ4v) is 4.60. The molecule has 0 aliphatic carbocycles. The number of hydrogen-bond donors (Lipinski definition) is 1. The highest BCUT2D eigenvalue weighted by Crippen LogP contribution is 2.24. The lowest BCUT2D eigenvalue weighted by molar-refractivity contribution is -0.119. The fraction of sp³-hybridized carbons (Fsp3) is 0.0909. The molecule has 0 aliphatic rings. The van der Waals surface area contributed by atoms with Gasteiger partial charge in [-0.1, -0.05) is 58.4 Å². The predicted octanol–water partition coefficient (Wildman–Crippen LogP) is 4.10. The molecule has 0 aromatic heterocycles. The summed E-state index contributed by atoms with van der Waals surface area (Å²) in [5, 5.41) is 3.93. The second-order valence-electron chi connectivity index (χ2n) is 6.51. The first-order valence-electron chi connectivity index (χ1n) is 9.08. The van der Waals surface area contributed by atoms with Crippen molar-refractivity contribution in [1.82, 2.24) is 5.43 Å². The van der Waals surface area contributed by atoms with Crippen LogP contribution >= 0.6 is 15.9 Å². The number of benzene rings is 3. The molecule has 0 saturated carbocycles. The molecule has 0 spiro atoms. The van der Waals surface area contributed by atoms with E-state index in [0.29, 0.717) is 5.69 Å². The lowest BCUT2D eigenvalue weighted by Gasteiger charge is -2.24. The van der Waals surface area contributed by atoms with E-state index in [-0.39, 0.29) is 4.90 Å². The third-order valence-corrected chi connectivity index (χ3v) is 6.44. The van der Waals surface area contributed by atoms with E-state index >= 15 is 0 Å². The summed E-state index contributed by atoms with van der Waals surface area (Å²) in [4.78, 5) is 12.6. The number of hydrogen-bond acceptors (Lipinski definition) is 4. The van der Waals surface area contributed by atoms with Crippen molar-refractivity contribution >= 4 is 43.8 Å². The summed E-state index contributed by atoms with van der Waals surface area (Å²) in [6, 6.07) is 22.4. The number of anilines is 1. The van der Waals surface area contributed by atoms with E-state index in [4.69, 9.17) is 0 Å². The standard InChI is InChI=1S/C22H20BrN3O3S/c1-17-7-5-10-20(13-17)26(30(28,29)21-11-3-2-4-12-21)16-22(27)25-24-15-18-8-6-9-19(23)14-18/h2-15H,16H2,1H3,(H,25,27)/b24-15-. The highest BCUT2D eigenvalue weighted by atomic mass is 79.9. The van der Waals surface area contributed by atoms with E-state index < -0.39 is 22.5 Å². The Labute approximate surface area is 184 Å². The zero-order valence-electron chi connectivity index (χ0n) is 16.2. The first-order chi connectivity index (χ1) is 14.4. The maximum atomic E-state index is 13.2. The Bertz CT molecular complexity index is 1170. The molecule has 0 bridgehead atoms. The third kappa shape index (κ3) is 5.55. The maximum absolute atomic E-state index is 13.2. The van der Waals surface area contributed by atoms with Gasteiger partial charge in [-0.3, -0.25) is 9.10 Å². The molecule has 0 atom stereocenters. The Morgan fingerprint density at radius 3 is 2.47 bits per heavy atom. The first-order valence-corrected chi connectivity index (χ1v) is 11.3. The topological polar surface area (TPSA) is 78.8 Å². The van der Waals surface area contributed by atoms with Crippen LogP contribution in [-0.4, -0.2) is 27.1 Å². The SMILES string of the molecule is Cc1cccc(N(CC(=O)N/N=C\c2cccc(Br)c2)S(=O)(=O)c2ccccc2)c1. The number of amides is 1. The molecule has 3 rings (SSSR count). The predicted molar refractivity (Wildman–Crippen MR) is 122 cm³/mol. The van der Waals surface area contributed by atoms with Gasteiger partial charge in [0, 0.05) is 4.47 Å². The number of carbonyl (C=O) groups excluding carboxylic acids is 1. The Morgan fingerprint density at radius 1 is 1.03 bits per heavy atom. The summed E-state index contributed by atoms with van der Waals surface area (Å²) in [6.07, 6.45) is 1.49. The number of aryl methyl sites for hydroxylation is 1. The number of rotatable bonds is 7. The van der Waals surface area contributed by atoms with E-state index in [2.05, 4.69) is 26.5 Å². The molecule has 1 amide bonds. The lowest BCUT2D eigenvalue weighted by atomic mass is 10.2. The zero-order valence-corrected chi connectivity index (χ0v) is 18.6. The molecule has 0 aliphatic heterocycles. The molecule has 0 saturated heterocycles. The van der Waals surface area contributed by atoms with Crippen LogP contribution in [0.15, 0.2) is 93.3 Å². The van der Waals surface area contributed by atoms with Crippen molar-refractivity contribution in [1.29, 1.82) is 0 Å². The van der Waals surface area contributed by atoms with Gasteiger partial charge in [0.05, 0.1) is 16.8 Å². The average molecular weight is 486 g/mol. The van der Waals surface area contributed by atoms with Gasteiger partial charge < -0.3 is 0 Å². The molecule has 30 heavy (non-hydrogen) atoms. The number of nitrogens with one attached hydrogen (secondary N) is 1. The van der Waals surface area contributed by atoms with Gasteiger partial charge in [0.15, 0.2) is 0 Å². The summed E-state index contributed by atoms with van der Waals surface area (Å²) < 4.78 is 28.4. The quantitative estimate of drug-likeness (QED) is 0.404. The van der Waals surface area contributed by atoms with Gasteiger partial charge in [-0.05, 0) is 54.4 Å². The van der Waals surface area contributed by atoms with Crippen LogP contribution in [0.4, 0.5) is 5.69 Å². The lowest BCUT2D eigenvalue weighted by Crippen LogP contribution is -2.39. The monoisotopic (exact) mass is 485 g/mol. The Balaban J connectivity index is 1.83. The van der Waals surface area contributed by atoms with Crippen LogP contribution in [0.3, 0.4) is 0 Å². The van der Waals surface area contributed by atoms with E-state index in [9.17, 15) is 13.2 Å². The zero-order chi connectivity index (χ0) is 21.6. The minimum atomic E-state index is -3.93. The van der Waals surface area contributed by atoms with Crippen molar-refractivity contribution in [2.24, 2.45) is 5.10 Å². The number of sulfonamides is 1.